The molecule has 124 valence electrons. The monoisotopic (exact) mass is 405 g/mol. The molecule has 0 spiro atoms. The molecule has 0 radical (unpaired) electrons. The molecule has 0 saturated heterocycles. The summed E-state index contributed by atoms with van der Waals surface area (Å²) >= 11 is 4.87. The molecular weight excluding hydrogens is 390 g/mol. The highest BCUT2D eigenvalue weighted by Gasteiger charge is 2.14. The van der Waals surface area contributed by atoms with Gasteiger partial charge in [0.05, 0.1) is 6.61 Å². The van der Waals surface area contributed by atoms with Crippen LogP contribution in [0.25, 0.3) is 5.69 Å². The highest BCUT2D eigenvalue weighted by molar-refractivity contribution is 9.10. The Morgan fingerprint density at radius 2 is 1.79 bits per heavy atom. The topological polar surface area (TPSA) is 60.2 Å². The van der Waals surface area contributed by atoms with Gasteiger partial charge in [-0.1, -0.05) is 45.9 Å². The zero-order valence-electron chi connectivity index (χ0n) is 12.8. The molecule has 2 aromatic carbocycles. The number of para-hydroxylation sites is 1. The first-order valence-electron chi connectivity index (χ1n) is 7.39. The number of aromatic nitrogens is 3. The van der Waals surface area contributed by atoms with Gasteiger partial charge in [-0.3, -0.25) is 4.57 Å². The molecule has 0 atom stereocenters. The second-order valence-corrected chi connectivity index (χ2v) is 6.86. The van der Waals surface area contributed by atoms with Gasteiger partial charge in [0.1, 0.15) is 12.4 Å². The van der Waals surface area contributed by atoms with Crippen molar-refractivity contribution >= 4 is 27.7 Å². The first-order chi connectivity index (χ1) is 11.8. The summed E-state index contributed by atoms with van der Waals surface area (Å²) in [6, 6.07) is 17.5. The fraction of sp³-hybridized carbons (Fsp3) is 0.176. The van der Waals surface area contributed by atoms with Crippen LogP contribution in [0, 0.1) is 0 Å². The Hall–Kier alpha value is -1.83. The molecule has 1 aromatic heterocycles. The van der Waals surface area contributed by atoms with Crippen LogP contribution in [0.1, 0.15) is 5.82 Å². The molecule has 0 aliphatic rings. The molecule has 0 aliphatic carbocycles. The minimum Gasteiger partial charge on any atom is -0.486 e. The SMILES string of the molecule is OCCSc1nnc(COc2ccc(Br)cc2)n1-c1ccccc1. The summed E-state index contributed by atoms with van der Waals surface area (Å²) in [6.07, 6.45) is 0. The maximum absolute atomic E-state index is 9.06. The van der Waals surface area contributed by atoms with Crippen LogP contribution < -0.4 is 4.74 Å². The Labute approximate surface area is 152 Å². The van der Waals surface area contributed by atoms with E-state index in [9.17, 15) is 0 Å². The summed E-state index contributed by atoms with van der Waals surface area (Å²) in [5, 5.41) is 18.3. The molecule has 7 heteroatoms. The van der Waals surface area contributed by atoms with Gasteiger partial charge in [-0.2, -0.15) is 0 Å². The molecule has 0 aliphatic heterocycles. The van der Waals surface area contributed by atoms with Crippen LogP contribution in [0.5, 0.6) is 5.75 Å². The normalized spacial score (nSPS) is 10.8. The number of benzene rings is 2. The van der Waals surface area contributed by atoms with Gasteiger partial charge in [0, 0.05) is 15.9 Å². The summed E-state index contributed by atoms with van der Waals surface area (Å²) < 4.78 is 8.79. The molecule has 0 unspecified atom stereocenters. The molecule has 0 fully saturated rings. The van der Waals surface area contributed by atoms with Gasteiger partial charge in [-0.15, -0.1) is 10.2 Å². The fourth-order valence-corrected chi connectivity index (χ4v) is 3.12. The third kappa shape index (κ3) is 4.17. The summed E-state index contributed by atoms with van der Waals surface area (Å²) in [7, 11) is 0. The molecule has 3 aromatic rings. The van der Waals surface area contributed by atoms with Crippen molar-refractivity contribution < 1.29 is 9.84 Å². The standard InChI is InChI=1S/C17H16BrN3O2S/c18-13-6-8-15(9-7-13)23-12-16-19-20-17(24-11-10-22)21(16)14-4-2-1-3-5-14/h1-9,22H,10-12H2. The number of hydrogen-bond donors (Lipinski definition) is 1. The largest absolute Gasteiger partial charge is 0.486 e. The first kappa shape index (κ1) is 17.0. The van der Waals surface area contributed by atoms with E-state index < -0.39 is 0 Å². The number of aliphatic hydroxyl groups excluding tert-OH is 1. The molecule has 5 nitrogen and oxygen atoms in total. The van der Waals surface area contributed by atoms with E-state index >= 15 is 0 Å². The van der Waals surface area contributed by atoms with Gasteiger partial charge >= 0.3 is 0 Å². The highest BCUT2D eigenvalue weighted by Crippen LogP contribution is 2.23. The second kappa shape index (κ2) is 8.32. The van der Waals surface area contributed by atoms with Crippen LogP contribution in [0.15, 0.2) is 64.2 Å². The lowest BCUT2D eigenvalue weighted by atomic mass is 10.3. The summed E-state index contributed by atoms with van der Waals surface area (Å²) in [6.45, 7) is 0.403. The number of aliphatic hydroxyl groups is 1. The van der Waals surface area contributed by atoms with Crippen molar-refractivity contribution in [1.29, 1.82) is 0 Å². The van der Waals surface area contributed by atoms with Gasteiger partial charge in [0.25, 0.3) is 0 Å². The van der Waals surface area contributed by atoms with E-state index in [1.54, 1.807) is 0 Å². The highest BCUT2D eigenvalue weighted by atomic mass is 79.9. The number of thioether (sulfide) groups is 1. The molecule has 1 N–H and O–H groups in total. The average molecular weight is 406 g/mol. The molecular formula is C17H16BrN3O2S. The van der Waals surface area contributed by atoms with Crippen molar-refractivity contribution in [2.75, 3.05) is 12.4 Å². The van der Waals surface area contributed by atoms with Crippen LogP contribution in [0.2, 0.25) is 0 Å². The minimum atomic E-state index is 0.0943. The molecule has 0 amide bonds. The van der Waals surface area contributed by atoms with Crippen LogP contribution in [0.4, 0.5) is 0 Å². The number of nitrogens with zero attached hydrogens (tertiary/aromatic N) is 3. The zero-order chi connectivity index (χ0) is 16.8. The number of halogens is 1. The van der Waals surface area contributed by atoms with Gasteiger partial charge in [0.15, 0.2) is 11.0 Å². The third-order valence-corrected chi connectivity index (χ3v) is 4.66. The van der Waals surface area contributed by atoms with Crippen LogP contribution in [-0.2, 0) is 6.61 Å². The molecule has 0 saturated carbocycles. The van der Waals surface area contributed by atoms with Crippen LogP contribution in [-0.4, -0.2) is 32.2 Å². The van der Waals surface area contributed by atoms with Crippen LogP contribution in [0.3, 0.4) is 0 Å². The maximum atomic E-state index is 9.06. The number of hydrogen-bond acceptors (Lipinski definition) is 5. The Kier molecular flexibility index (Phi) is 5.90. The Morgan fingerprint density at radius 3 is 2.50 bits per heavy atom. The quantitative estimate of drug-likeness (QED) is 0.607. The van der Waals surface area contributed by atoms with E-state index in [0.717, 1.165) is 21.1 Å². The predicted molar refractivity (Wildman–Crippen MR) is 97.6 cm³/mol. The minimum absolute atomic E-state index is 0.0943. The van der Waals surface area contributed by atoms with E-state index in [1.165, 1.54) is 11.8 Å². The van der Waals surface area contributed by atoms with Gasteiger partial charge in [-0.25, -0.2) is 0 Å². The average Bonchev–Trinajstić information content (AvgIpc) is 3.03. The summed E-state index contributed by atoms with van der Waals surface area (Å²) in [5.41, 5.74) is 0.970. The number of ether oxygens (including phenoxy) is 1. The van der Waals surface area contributed by atoms with Crippen LogP contribution >= 0.6 is 27.7 Å². The van der Waals surface area contributed by atoms with E-state index in [0.29, 0.717) is 18.2 Å². The van der Waals surface area contributed by atoms with Crippen molar-refractivity contribution in [2.24, 2.45) is 0 Å². The Morgan fingerprint density at radius 1 is 1.04 bits per heavy atom. The number of rotatable bonds is 7. The van der Waals surface area contributed by atoms with Gasteiger partial charge in [0.2, 0.25) is 0 Å². The van der Waals surface area contributed by atoms with E-state index in [2.05, 4.69) is 26.1 Å². The predicted octanol–water partition coefficient (Wildman–Crippen LogP) is 3.69. The van der Waals surface area contributed by atoms with Gasteiger partial charge < -0.3 is 9.84 Å². The first-order valence-corrected chi connectivity index (χ1v) is 9.17. The van der Waals surface area contributed by atoms with Crippen molar-refractivity contribution in [3.63, 3.8) is 0 Å². The molecule has 0 bridgehead atoms. The molecule has 24 heavy (non-hydrogen) atoms. The van der Waals surface area contributed by atoms with E-state index in [1.807, 2.05) is 59.2 Å². The maximum Gasteiger partial charge on any atom is 0.196 e. The second-order valence-electron chi connectivity index (χ2n) is 4.88. The van der Waals surface area contributed by atoms with Crippen molar-refractivity contribution in [2.45, 2.75) is 11.8 Å². The lowest BCUT2D eigenvalue weighted by Gasteiger charge is -2.11. The third-order valence-electron chi connectivity index (χ3n) is 3.22. The molecule has 1 heterocycles. The van der Waals surface area contributed by atoms with Gasteiger partial charge in [-0.05, 0) is 36.4 Å². The van der Waals surface area contributed by atoms with Crippen molar-refractivity contribution in [1.82, 2.24) is 14.8 Å². The Balaban J connectivity index is 1.84. The Bertz CT molecular complexity index is 778. The zero-order valence-corrected chi connectivity index (χ0v) is 15.2. The molecule has 3 rings (SSSR count). The van der Waals surface area contributed by atoms with E-state index in [-0.39, 0.29) is 6.61 Å². The van der Waals surface area contributed by atoms with Crippen molar-refractivity contribution in [3.05, 3.63) is 64.9 Å². The lowest BCUT2D eigenvalue weighted by Crippen LogP contribution is -2.07. The van der Waals surface area contributed by atoms with Crippen molar-refractivity contribution in [3.8, 4) is 11.4 Å². The van der Waals surface area contributed by atoms with E-state index in [4.69, 9.17) is 9.84 Å². The lowest BCUT2D eigenvalue weighted by molar-refractivity contribution is 0.292. The fourth-order valence-electron chi connectivity index (χ4n) is 2.14. The summed E-state index contributed by atoms with van der Waals surface area (Å²) in [5.74, 6) is 2.05. The smallest absolute Gasteiger partial charge is 0.196 e. The summed E-state index contributed by atoms with van der Waals surface area (Å²) in [4.78, 5) is 0.